The monoisotopic (exact) mass is 522 g/mol. The van der Waals surface area contributed by atoms with Gasteiger partial charge in [0.05, 0.1) is 7.11 Å². The molecule has 0 aromatic heterocycles. The van der Waals surface area contributed by atoms with Gasteiger partial charge >= 0.3 is 0 Å². The molecule has 0 bridgehead atoms. The second-order valence-corrected chi connectivity index (χ2v) is 7.02. The average molecular weight is 522 g/mol. The molecule has 162 valence electrons. The normalized spacial score (nSPS) is 13.1. The molecule has 1 aliphatic heterocycles. The van der Waals surface area contributed by atoms with Gasteiger partial charge in [-0.05, 0) is 42.5 Å². The highest BCUT2D eigenvalue weighted by Crippen LogP contribution is 2.18. The third-order valence-corrected chi connectivity index (χ3v) is 5.08. The van der Waals surface area contributed by atoms with E-state index in [9.17, 15) is 4.79 Å². The molecule has 7 heteroatoms. The molecular formula is C23H31IN4O2. The third kappa shape index (κ3) is 6.62. The summed E-state index contributed by atoms with van der Waals surface area (Å²) in [7, 11) is 1.68. The smallest absolute Gasteiger partial charge is 0.244 e. The number of rotatable bonds is 7. The first-order valence-electron chi connectivity index (χ1n) is 10.2. The fraction of sp³-hybridized carbons (Fsp3) is 0.391. The van der Waals surface area contributed by atoms with Crippen molar-refractivity contribution in [1.82, 2.24) is 15.5 Å². The van der Waals surface area contributed by atoms with Crippen molar-refractivity contribution in [3.63, 3.8) is 0 Å². The van der Waals surface area contributed by atoms with E-state index < -0.39 is 0 Å². The molecule has 0 saturated heterocycles. The molecule has 0 unspecified atom stereocenters. The molecule has 2 aromatic rings. The molecule has 0 saturated carbocycles. The highest BCUT2D eigenvalue weighted by Gasteiger charge is 2.20. The van der Waals surface area contributed by atoms with E-state index in [1.54, 1.807) is 7.11 Å². The van der Waals surface area contributed by atoms with E-state index in [1.807, 2.05) is 36.1 Å². The lowest BCUT2D eigenvalue weighted by Crippen LogP contribution is -2.41. The number of hydrogen-bond acceptors (Lipinski definition) is 3. The molecule has 0 atom stereocenters. The minimum absolute atomic E-state index is 0. The largest absolute Gasteiger partial charge is 0.496 e. The van der Waals surface area contributed by atoms with E-state index in [0.29, 0.717) is 19.0 Å². The van der Waals surface area contributed by atoms with Crippen molar-refractivity contribution in [2.75, 3.05) is 33.3 Å². The van der Waals surface area contributed by atoms with Gasteiger partial charge in [0.1, 0.15) is 12.3 Å². The van der Waals surface area contributed by atoms with Gasteiger partial charge in [0, 0.05) is 26.2 Å². The number of halogens is 1. The first kappa shape index (κ1) is 24.0. The van der Waals surface area contributed by atoms with Gasteiger partial charge < -0.3 is 20.3 Å². The van der Waals surface area contributed by atoms with Gasteiger partial charge in [-0.15, -0.1) is 24.0 Å². The molecule has 1 aliphatic rings. The Bertz CT molecular complexity index is 857. The maximum absolute atomic E-state index is 12.6. The number of carbonyl (C=O) groups excluding carboxylic acids is 1. The highest BCUT2D eigenvalue weighted by molar-refractivity contribution is 14.0. The molecule has 2 N–H and O–H groups in total. The lowest BCUT2D eigenvalue weighted by atomic mass is 10.00. The van der Waals surface area contributed by atoms with Crippen LogP contribution in [0.25, 0.3) is 0 Å². The van der Waals surface area contributed by atoms with E-state index in [-0.39, 0.29) is 36.4 Å². The Morgan fingerprint density at radius 3 is 2.60 bits per heavy atom. The zero-order chi connectivity index (χ0) is 20.5. The maximum Gasteiger partial charge on any atom is 0.244 e. The van der Waals surface area contributed by atoms with Crippen molar-refractivity contribution in [2.24, 2.45) is 4.99 Å². The van der Waals surface area contributed by atoms with Crippen LogP contribution in [0.1, 0.15) is 23.6 Å². The number of guanidine groups is 1. The average Bonchev–Trinajstić information content (AvgIpc) is 2.77. The van der Waals surface area contributed by atoms with Gasteiger partial charge in [-0.1, -0.05) is 42.5 Å². The van der Waals surface area contributed by atoms with Crippen LogP contribution < -0.4 is 15.4 Å². The third-order valence-electron chi connectivity index (χ3n) is 5.08. The maximum atomic E-state index is 12.6. The van der Waals surface area contributed by atoms with Crippen LogP contribution >= 0.6 is 24.0 Å². The molecule has 0 radical (unpaired) electrons. The van der Waals surface area contributed by atoms with Crippen molar-refractivity contribution in [3.05, 3.63) is 65.2 Å². The number of nitrogens with zero attached hydrogens (tertiary/aromatic N) is 2. The summed E-state index contributed by atoms with van der Waals surface area (Å²) in [5.74, 6) is 1.60. The Labute approximate surface area is 196 Å². The zero-order valence-electron chi connectivity index (χ0n) is 17.7. The summed E-state index contributed by atoms with van der Waals surface area (Å²) in [5, 5.41) is 6.52. The first-order chi connectivity index (χ1) is 14.2. The van der Waals surface area contributed by atoms with E-state index in [2.05, 4.69) is 39.9 Å². The van der Waals surface area contributed by atoms with Crippen LogP contribution in [0.2, 0.25) is 0 Å². The van der Waals surface area contributed by atoms with E-state index in [4.69, 9.17) is 4.74 Å². The summed E-state index contributed by atoms with van der Waals surface area (Å²) >= 11 is 0. The van der Waals surface area contributed by atoms with Crippen molar-refractivity contribution in [3.8, 4) is 5.75 Å². The Morgan fingerprint density at radius 1 is 1.10 bits per heavy atom. The second kappa shape index (κ2) is 12.4. The Hall–Kier alpha value is -2.29. The summed E-state index contributed by atoms with van der Waals surface area (Å²) in [4.78, 5) is 19.0. The van der Waals surface area contributed by atoms with Crippen molar-refractivity contribution < 1.29 is 9.53 Å². The summed E-state index contributed by atoms with van der Waals surface area (Å²) in [6, 6.07) is 16.3. The van der Waals surface area contributed by atoms with Crippen LogP contribution in [0, 0.1) is 0 Å². The Morgan fingerprint density at radius 2 is 1.83 bits per heavy atom. The number of nitrogens with one attached hydrogen (secondary N) is 2. The number of amides is 1. The number of benzene rings is 2. The Kier molecular flexibility index (Phi) is 9.93. The molecule has 3 rings (SSSR count). The van der Waals surface area contributed by atoms with E-state index >= 15 is 0 Å². The second-order valence-electron chi connectivity index (χ2n) is 7.02. The SMILES string of the molecule is CCNC(=NCC(=O)N1CCc2ccccc2C1)NCCc1ccccc1OC.I. The predicted octanol–water partition coefficient (Wildman–Crippen LogP) is 3.00. The van der Waals surface area contributed by atoms with Gasteiger partial charge in [-0.3, -0.25) is 4.79 Å². The molecule has 0 fully saturated rings. The number of aliphatic imine (C=N–C) groups is 1. The van der Waals surface area contributed by atoms with Gasteiger partial charge in [0.2, 0.25) is 5.91 Å². The van der Waals surface area contributed by atoms with Crippen LogP contribution in [0.5, 0.6) is 5.75 Å². The zero-order valence-corrected chi connectivity index (χ0v) is 20.0. The standard InChI is InChI=1S/C23H30N4O2.HI/c1-3-24-23(25-14-12-19-9-6-7-11-21(19)29-2)26-16-22(28)27-15-13-18-8-4-5-10-20(18)17-27;/h4-11H,3,12-17H2,1-2H3,(H2,24,25,26);1H. The predicted molar refractivity (Wildman–Crippen MR) is 132 cm³/mol. The summed E-state index contributed by atoms with van der Waals surface area (Å²) in [6.45, 7) is 5.03. The van der Waals surface area contributed by atoms with Gasteiger partial charge in [-0.2, -0.15) is 0 Å². The quantitative estimate of drug-likeness (QED) is 0.334. The number of hydrogen-bond donors (Lipinski definition) is 2. The summed E-state index contributed by atoms with van der Waals surface area (Å²) in [6.07, 6.45) is 1.72. The van der Waals surface area contributed by atoms with Gasteiger partial charge in [-0.25, -0.2) is 4.99 Å². The Balaban J connectivity index is 0.00000320. The minimum Gasteiger partial charge on any atom is -0.496 e. The molecular weight excluding hydrogens is 491 g/mol. The van der Waals surface area contributed by atoms with E-state index in [0.717, 1.165) is 37.2 Å². The summed E-state index contributed by atoms with van der Waals surface area (Å²) in [5.41, 5.74) is 3.71. The molecule has 6 nitrogen and oxygen atoms in total. The highest BCUT2D eigenvalue weighted by atomic mass is 127. The van der Waals surface area contributed by atoms with Crippen LogP contribution in [0.15, 0.2) is 53.5 Å². The molecule has 1 amide bonds. The van der Waals surface area contributed by atoms with Crippen LogP contribution in [-0.2, 0) is 24.2 Å². The lowest BCUT2D eigenvalue weighted by molar-refractivity contribution is -0.130. The van der Waals surface area contributed by atoms with Crippen molar-refractivity contribution >= 4 is 35.8 Å². The number of ether oxygens (including phenoxy) is 1. The van der Waals surface area contributed by atoms with Gasteiger partial charge in [0.25, 0.3) is 0 Å². The fourth-order valence-electron chi connectivity index (χ4n) is 3.52. The fourth-order valence-corrected chi connectivity index (χ4v) is 3.52. The first-order valence-corrected chi connectivity index (χ1v) is 10.2. The van der Waals surface area contributed by atoms with Crippen LogP contribution in [0.3, 0.4) is 0 Å². The molecule has 30 heavy (non-hydrogen) atoms. The number of methoxy groups -OCH3 is 1. The molecule has 0 spiro atoms. The molecule has 2 aromatic carbocycles. The topological polar surface area (TPSA) is 66.0 Å². The van der Waals surface area contributed by atoms with Crippen LogP contribution in [-0.4, -0.2) is 50.1 Å². The minimum atomic E-state index is 0. The van der Waals surface area contributed by atoms with Crippen LogP contribution in [0.4, 0.5) is 0 Å². The summed E-state index contributed by atoms with van der Waals surface area (Å²) < 4.78 is 5.40. The lowest BCUT2D eigenvalue weighted by Gasteiger charge is -2.28. The van der Waals surface area contributed by atoms with Crippen molar-refractivity contribution in [1.29, 1.82) is 0 Å². The van der Waals surface area contributed by atoms with Crippen molar-refractivity contribution in [2.45, 2.75) is 26.3 Å². The van der Waals surface area contributed by atoms with E-state index in [1.165, 1.54) is 11.1 Å². The molecule has 1 heterocycles. The van der Waals surface area contributed by atoms with Gasteiger partial charge in [0.15, 0.2) is 5.96 Å². The number of para-hydroxylation sites is 1. The molecule has 0 aliphatic carbocycles. The number of fused-ring (bicyclic) bond motifs is 1. The number of carbonyl (C=O) groups is 1.